The molecule has 5 nitrogen and oxygen atoms in total. The normalized spacial score (nSPS) is 12.0. The summed E-state index contributed by atoms with van der Waals surface area (Å²) in [4.78, 5) is 13.2. The van der Waals surface area contributed by atoms with E-state index in [2.05, 4.69) is 10.4 Å². The summed E-state index contributed by atoms with van der Waals surface area (Å²) in [6, 6.07) is 12.9. The van der Waals surface area contributed by atoms with E-state index in [1.54, 1.807) is 0 Å². The van der Waals surface area contributed by atoms with Crippen molar-refractivity contribution in [1.29, 1.82) is 0 Å². The van der Waals surface area contributed by atoms with Crippen LogP contribution >= 0.6 is 0 Å². The summed E-state index contributed by atoms with van der Waals surface area (Å²) >= 11 is 0. The molecule has 146 valence electrons. The SMILES string of the molecule is Cc1nn(-c2ccccc2)c(C)c1C[NH+](C)CC(=O)Nc1ccc(F)cc1F. The molecule has 0 fully saturated rings. The van der Waals surface area contributed by atoms with E-state index in [1.807, 2.05) is 55.9 Å². The zero-order valence-electron chi connectivity index (χ0n) is 16.1. The predicted octanol–water partition coefficient (Wildman–Crippen LogP) is 2.42. The molecule has 0 bridgehead atoms. The number of amides is 1. The van der Waals surface area contributed by atoms with E-state index < -0.39 is 11.6 Å². The third kappa shape index (κ3) is 4.43. The first-order valence-corrected chi connectivity index (χ1v) is 9.02. The quantitative estimate of drug-likeness (QED) is 0.685. The van der Waals surface area contributed by atoms with E-state index in [1.165, 1.54) is 6.07 Å². The first-order valence-electron chi connectivity index (χ1n) is 9.02. The zero-order valence-corrected chi connectivity index (χ0v) is 16.1. The second-order valence-electron chi connectivity index (χ2n) is 6.88. The van der Waals surface area contributed by atoms with Gasteiger partial charge >= 0.3 is 0 Å². The highest BCUT2D eigenvalue weighted by atomic mass is 19.1. The van der Waals surface area contributed by atoms with Crippen molar-refractivity contribution in [2.24, 2.45) is 0 Å². The standard InChI is InChI=1S/C21H22F2N4O/c1-14-18(15(2)27(25-14)17-7-5-4-6-8-17)12-26(3)13-21(28)24-20-10-9-16(22)11-19(20)23/h4-11H,12-13H2,1-3H3,(H,24,28)/p+1. The van der Waals surface area contributed by atoms with Gasteiger partial charge in [-0.05, 0) is 38.1 Å². The van der Waals surface area contributed by atoms with E-state index in [4.69, 9.17) is 0 Å². The number of hydrogen-bond donors (Lipinski definition) is 2. The lowest BCUT2D eigenvalue weighted by molar-refractivity contribution is -0.885. The van der Waals surface area contributed by atoms with Crippen molar-refractivity contribution in [2.75, 3.05) is 18.9 Å². The van der Waals surface area contributed by atoms with Crippen molar-refractivity contribution in [3.8, 4) is 5.69 Å². The van der Waals surface area contributed by atoms with Crippen LogP contribution in [-0.4, -0.2) is 29.3 Å². The topological polar surface area (TPSA) is 51.4 Å². The molecule has 1 aromatic heterocycles. The van der Waals surface area contributed by atoms with Crippen molar-refractivity contribution in [1.82, 2.24) is 9.78 Å². The van der Waals surface area contributed by atoms with Crippen LogP contribution in [-0.2, 0) is 11.3 Å². The Kier molecular flexibility index (Phi) is 5.84. The number of aryl methyl sites for hydroxylation is 1. The molecule has 1 atom stereocenters. The monoisotopic (exact) mass is 385 g/mol. The Hall–Kier alpha value is -3.06. The fourth-order valence-corrected chi connectivity index (χ4v) is 3.18. The van der Waals surface area contributed by atoms with Crippen LogP contribution in [0.3, 0.4) is 0 Å². The van der Waals surface area contributed by atoms with E-state index in [0.29, 0.717) is 6.54 Å². The molecule has 0 saturated carbocycles. The average molecular weight is 385 g/mol. The Morgan fingerprint density at radius 2 is 1.86 bits per heavy atom. The smallest absolute Gasteiger partial charge is 0.279 e. The van der Waals surface area contributed by atoms with Crippen LogP contribution in [0.4, 0.5) is 14.5 Å². The van der Waals surface area contributed by atoms with Crippen LogP contribution in [0.2, 0.25) is 0 Å². The fourth-order valence-electron chi connectivity index (χ4n) is 3.18. The van der Waals surface area contributed by atoms with Gasteiger partial charge in [-0.2, -0.15) is 5.10 Å². The average Bonchev–Trinajstić information content (AvgIpc) is 2.93. The molecule has 0 aliphatic heterocycles. The molecule has 2 aromatic carbocycles. The first kappa shape index (κ1) is 19.7. The number of rotatable bonds is 6. The maximum Gasteiger partial charge on any atom is 0.279 e. The number of carbonyl (C=O) groups excluding carboxylic acids is 1. The second kappa shape index (κ2) is 8.31. The molecule has 1 amide bonds. The number of aromatic nitrogens is 2. The molecule has 0 spiro atoms. The minimum Gasteiger partial charge on any atom is -0.326 e. The van der Waals surface area contributed by atoms with E-state index in [-0.39, 0.29) is 18.1 Å². The summed E-state index contributed by atoms with van der Waals surface area (Å²) in [5, 5.41) is 7.11. The summed E-state index contributed by atoms with van der Waals surface area (Å²) in [5.74, 6) is -1.81. The third-order valence-corrected chi connectivity index (χ3v) is 4.59. The van der Waals surface area contributed by atoms with Crippen LogP contribution < -0.4 is 10.2 Å². The number of hydrogen-bond acceptors (Lipinski definition) is 2. The van der Waals surface area contributed by atoms with E-state index in [9.17, 15) is 13.6 Å². The molecule has 0 radical (unpaired) electrons. The van der Waals surface area contributed by atoms with E-state index in [0.717, 1.165) is 39.7 Å². The molecule has 3 rings (SSSR count). The van der Waals surface area contributed by atoms with Crippen LogP contribution in [0.1, 0.15) is 17.0 Å². The summed E-state index contributed by atoms with van der Waals surface area (Å²) in [6.45, 7) is 4.70. The zero-order chi connectivity index (χ0) is 20.3. The summed E-state index contributed by atoms with van der Waals surface area (Å²) in [7, 11) is 1.89. The van der Waals surface area contributed by atoms with E-state index >= 15 is 0 Å². The number of para-hydroxylation sites is 1. The molecule has 0 aliphatic rings. The summed E-state index contributed by atoms with van der Waals surface area (Å²) in [6.07, 6.45) is 0. The first-order chi connectivity index (χ1) is 13.3. The molecular weight excluding hydrogens is 362 g/mol. The van der Waals surface area contributed by atoms with Gasteiger partial charge in [0.15, 0.2) is 6.54 Å². The number of nitrogens with one attached hydrogen (secondary N) is 2. The number of halogens is 2. The highest BCUT2D eigenvalue weighted by molar-refractivity contribution is 5.91. The maximum atomic E-state index is 13.7. The molecular formula is C21H23F2N4O+. The second-order valence-corrected chi connectivity index (χ2v) is 6.88. The highest BCUT2D eigenvalue weighted by Crippen LogP contribution is 2.17. The highest BCUT2D eigenvalue weighted by Gasteiger charge is 2.19. The number of quaternary nitrogens is 1. The molecule has 3 aromatic rings. The van der Waals surface area contributed by atoms with Gasteiger partial charge in [0.2, 0.25) is 0 Å². The lowest BCUT2D eigenvalue weighted by atomic mass is 10.2. The van der Waals surface area contributed by atoms with Crippen molar-refractivity contribution >= 4 is 11.6 Å². The number of anilines is 1. The number of nitrogens with zero attached hydrogens (tertiary/aromatic N) is 2. The van der Waals surface area contributed by atoms with Gasteiger partial charge in [0.1, 0.15) is 18.2 Å². The Morgan fingerprint density at radius 3 is 2.54 bits per heavy atom. The molecule has 2 N–H and O–H groups in total. The van der Waals surface area contributed by atoms with Crippen LogP contribution in [0.25, 0.3) is 5.69 Å². The van der Waals surface area contributed by atoms with Gasteiger partial charge in [-0.15, -0.1) is 0 Å². The number of carbonyl (C=O) groups is 1. The third-order valence-electron chi connectivity index (χ3n) is 4.59. The van der Waals surface area contributed by atoms with Gasteiger partial charge in [0, 0.05) is 6.07 Å². The molecule has 7 heteroatoms. The number of likely N-dealkylation sites (N-methyl/N-ethyl adjacent to an activating group) is 1. The van der Waals surface area contributed by atoms with Gasteiger partial charge in [-0.3, -0.25) is 4.79 Å². The van der Waals surface area contributed by atoms with Gasteiger partial charge < -0.3 is 10.2 Å². The largest absolute Gasteiger partial charge is 0.326 e. The lowest BCUT2D eigenvalue weighted by Gasteiger charge is -2.14. The molecule has 1 unspecified atom stereocenters. The van der Waals surface area contributed by atoms with Crippen molar-refractivity contribution < 1.29 is 18.5 Å². The molecule has 0 aliphatic carbocycles. The van der Waals surface area contributed by atoms with Gasteiger partial charge in [-0.1, -0.05) is 18.2 Å². The van der Waals surface area contributed by atoms with Gasteiger partial charge in [0.05, 0.1) is 35.4 Å². The van der Waals surface area contributed by atoms with Crippen molar-refractivity contribution in [3.05, 3.63) is 77.1 Å². The lowest BCUT2D eigenvalue weighted by Crippen LogP contribution is -3.08. The van der Waals surface area contributed by atoms with Crippen molar-refractivity contribution in [3.63, 3.8) is 0 Å². The Balaban J connectivity index is 1.67. The fraction of sp³-hybridized carbons (Fsp3) is 0.238. The van der Waals surface area contributed by atoms with Crippen LogP contribution in [0.15, 0.2) is 48.5 Å². The minimum absolute atomic E-state index is 0.0246. The summed E-state index contributed by atoms with van der Waals surface area (Å²) in [5.41, 5.74) is 3.96. The van der Waals surface area contributed by atoms with Crippen molar-refractivity contribution in [2.45, 2.75) is 20.4 Å². The molecule has 1 heterocycles. The Bertz CT molecular complexity index is 986. The Morgan fingerprint density at radius 1 is 1.14 bits per heavy atom. The van der Waals surface area contributed by atoms with Crippen LogP contribution in [0, 0.1) is 25.5 Å². The summed E-state index contributed by atoms with van der Waals surface area (Å²) < 4.78 is 28.6. The minimum atomic E-state index is -0.790. The van der Waals surface area contributed by atoms with Gasteiger partial charge in [-0.25, -0.2) is 13.5 Å². The van der Waals surface area contributed by atoms with Gasteiger partial charge in [0.25, 0.3) is 5.91 Å². The predicted molar refractivity (Wildman–Crippen MR) is 103 cm³/mol. The van der Waals surface area contributed by atoms with Crippen LogP contribution in [0.5, 0.6) is 0 Å². The maximum absolute atomic E-state index is 13.7. The molecule has 0 saturated heterocycles. The number of benzene rings is 2. The molecule has 28 heavy (non-hydrogen) atoms. The Labute approximate surface area is 162 Å².